The lowest BCUT2D eigenvalue weighted by molar-refractivity contribution is 0.0526. The van der Waals surface area contributed by atoms with Gasteiger partial charge in [0.2, 0.25) is 5.76 Å². The first-order valence-corrected chi connectivity index (χ1v) is 12.0. The van der Waals surface area contributed by atoms with Crippen molar-refractivity contribution in [2.75, 3.05) is 11.5 Å². The number of carbonyl (C=O) groups excluding carboxylic acids is 2. The number of hydrogen-bond acceptors (Lipinski definition) is 5. The Morgan fingerprint density at radius 2 is 1.66 bits per heavy atom. The van der Waals surface area contributed by atoms with Crippen molar-refractivity contribution in [2.24, 2.45) is 0 Å². The average molecular weight is 532 g/mol. The van der Waals surface area contributed by atoms with Crippen molar-refractivity contribution in [1.82, 2.24) is 0 Å². The molecule has 0 bridgehead atoms. The van der Waals surface area contributed by atoms with Crippen LogP contribution in [0.5, 0.6) is 0 Å². The number of aryl methyl sites for hydroxylation is 2. The SMILES string of the molecule is CCOC(=O)c1ccc(N2C(=O)c3oc4cc(C)c(C)cc4c(=O)c3C2c2ccc(Br)cc2)cc1. The molecule has 35 heavy (non-hydrogen) atoms. The van der Waals surface area contributed by atoms with E-state index in [1.54, 1.807) is 42.2 Å². The van der Waals surface area contributed by atoms with Crippen LogP contribution in [0, 0.1) is 13.8 Å². The van der Waals surface area contributed by atoms with Gasteiger partial charge in [0, 0.05) is 10.2 Å². The smallest absolute Gasteiger partial charge is 0.338 e. The Kier molecular flexibility index (Phi) is 5.81. The fraction of sp³-hybridized carbons (Fsp3) is 0.179. The fourth-order valence-corrected chi connectivity index (χ4v) is 4.69. The molecule has 1 amide bonds. The van der Waals surface area contributed by atoms with Gasteiger partial charge in [-0.25, -0.2) is 4.79 Å². The molecule has 0 radical (unpaired) electrons. The Balaban J connectivity index is 1.72. The van der Waals surface area contributed by atoms with E-state index in [0.29, 0.717) is 27.8 Å². The molecule has 1 atom stereocenters. The number of halogens is 1. The summed E-state index contributed by atoms with van der Waals surface area (Å²) in [6.07, 6.45) is 0. The summed E-state index contributed by atoms with van der Waals surface area (Å²) >= 11 is 3.45. The van der Waals surface area contributed by atoms with E-state index >= 15 is 0 Å². The molecule has 0 fully saturated rings. The molecule has 1 aromatic heterocycles. The van der Waals surface area contributed by atoms with Crippen molar-refractivity contribution in [3.05, 3.63) is 109 Å². The van der Waals surface area contributed by atoms with Gasteiger partial charge in [-0.05, 0) is 86.0 Å². The molecule has 0 saturated heterocycles. The number of anilines is 1. The van der Waals surface area contributed by atoms with E-state index in [2.05, 4.69) is 15.9 Å². The van der Waals surface area contributed by atoms with E-state index in [9.17, 15) is 14.4 Å². The minimum atomic E-state index is -0.679. The van der Waals surface area contributed by atoms with Crippen LogP contribution in [0.3, 0.4) is 0 Å². The number of fused-ring (bicyclic) bond motifs is 2. The zero-order valence-corrected chi connectivity index (χ0v) is 21.0. The minimum Gasteiger partial charge on any atom is -0.462 e. The minimum absolute atomic E-state index is 0.0353. The summed E-state index contributed by atoms with van der Waals surface area (Å²) in [4.78, 5) is 41.1. The van der Waals surface area contributed by atoms with Gasteiger partial charge in [0.15, 0.2) is 5.43 Å². The second kappa shape index (κ2) is 8.82. The summed E-state index contributed by atoms with van der Waals surface area (Å²) in [6, 6.07) is 17.0. The zero-order chi connectivity index (χ0) is 24.9. The van der Waals surface area contributed by atoms with Crippen LogP contribution in [0.4, 0.5) is 5.69 Å². The molecule has 1 aliphatic rings. The molecule has 7 heteroatoms. The fourth-order valence-electron chi connectivity index (χ4n) is 4.43. The number of hydrogen-bond donors (Lipinski definition) is 0. The third-order valence-corrected chi connectivity index (χ3v) is 6.86. The normalized spacial score (nSPS) is 14.9. The molecular formula is C28H22BrNO5. The molecular weight excluding hydrogens is 510 g/mol. The highest BCUT2D eigenvalue weighted by atomic mass is 79.9. The Labute approximate surface area is 210 Å². The number of carbonyl (C=O) groups is 2. The largest absolute Gasteiger partial charge is 0.462 e. The van der Waals surface area contributed by atoms with Crippen molar-refractivity contribution in [2.45, 2.75) is 26.8 Å². The highest BCUT2D eigenvalue weighted by Crippen LogP contribution is 2.41. The second-order valence-corrected chi connectivity index (χ2v) is 9.42. The third-order valence-electron chi connectivity index (χ3n) is 6.33. The number of ether oxygens (including phenoxy) is 1. The lowest BCUT2D eigenvalue weighted by Gasteiger charge is -2.25. The standard InChI is InChI=1S/C28H22BrNO5/c1-4-34-28(33)18-7-11-20(12-8-18)30-24(17-5-9-19(29)10-6-17)23-25(31)21-13-15(2)16(3)14-22(21)35-26(23)27(30)32/h5-14,24H,4H2,1-3H3. The monoisotopic (exact) mass is 531 g/mol. The summed E-state index contributed by atoms with van der Waals surface area (Å²) in [5, 5.41) is 0.446. The van der Waals surface area contributed by atoms with Gasteiger partial charge in [0.05, 0.1) is 29.2 Å². The summed E-state index contributed by atoms with van der Waals surface area (Å²) in [7, 11) is 0. The van der Waals surface area contributed by atoms with Gasteiger partial charge < -0.3 is 9.15 Å². The van der Waals surface area contributed by atoms with Crippen LogP contribution in [0.25, 0.3) is 11.0 Å². The summed E-state index contributed by atoms with van der Waals surface area (Å²) < 4.78 is 12.0. The van der Waals surface area contributed by atoms with Crippen LogP contribution in [-0.2, 0) is 4.74 Å². The molecule has 5 rings (SSSR count). The highest BCUT2D eigenvalue weighted by Gasteiger charge is 2.43. The van der Waals surface area contributed by atoms with E-state index in [4.69, 9.17) is 9.15 Å². The predicted octanol–water partition coefficient (Wildman–Crippen LogP) is 6.10. The van der Waals surface area contributed by atoms with E-state index in [0.717, 1.165) is 21.2 Å². The highest BCUT2D eigenvalue weighted by molar-refractivity contribution is 9.10. The van der Waals surface area contributed by atoms with E-state index in [-0.39, 0.29) is 17.8 Å². The third kappa shape index (κ3) is 3.86. The van der Waals surface area contributed by atoms with Crippen LogP contribution in [-0.4, -0.2) is 18.5 Å². The van der Waals surface area contributed by atoms with Gasteiger partial charge >= 0.3 is 5.97 Å². The Morgan fingerprint density at radius 1 is 1.00 bits per heavy atom. The molecule has 6 nitrogen and oxygen atoms in total. The second-order valence-electron chi connectivity index (χ2n) is 8.50. The maximum absolute atomic E-state index is 13.8. The number of amides is 1. The predicted molar refractivity (Wildman–Crippen MR) is 137 cm³/mol. The molecule has 0 spiro atoms. The summed E-state index contributed by atoms with van der Waals surface area (Å²) in [5.74, 6) is -0.810. The molecule has 4 aromatic rings. The maximum Gasteiger partial charge on any atom is 0.338 e. The van der Waals surface area contributed by atoms with Gasteiger partial charge in [-0.1, -0.05) is 28.1 Å². The number of benzene rings is 3. The summed E-state index contributed by atoms with van der Waals surface area (Å²) in [6.45, 7) is 5.89. The van der Waals surface area contributed by atoms with Gasteiger partial charge in [-0.2, -0.15) is 0 Å². The molecule has 0 N–H and O–H groups in total. The van der Waals surface area contributed by atoms with Gasteiger partial charge in [-0.3, -0.25) is 14.5 Å². The summed E-state index contributed by atoms with van der Waals surface area (Å²) in [5.41, 5.74) is 4.11. The van der Waals surface area contributed by atoms with E-state index in [1.807, 2.05) is 44.2 Å². The Morgan fingerprint density at radius 3 is 2.31 bits per heavy atom. The molecule has 1 unspecified atom stereocenters. The zero-order valence-electron chi connectivity index (χ0n) is 19.4. The lowest BCUT2D eigenvalue weighted by atomic mass is 9.97. The quantitative estimate of drug-likeness (QED) is 0.297. The van der Waals surface area contributed by atoms with Crippen molar-refractivity contribution < 1.29 is 18.7 Å². The van der Waals surface area contributed by atoms with Crippen molar-refractivity contribution in [3.8, 4) is 0 Å². The average Bonchev–Trinajstić information content (AvgIpc) is 3.13. The molecule has 1 aliphatic heterocycles. The Bertz CT molecular complexity index is 1540. The van der Waals surface area contributed by atoms with Crippen molar-refractivity contribution >= 4 is 44.5 Å². The molecule has 0 aliphatic carbocycles. The van der Waals surface area contributed by atoms with Crippen LogP contribution in [0.2, 0.25) is 0 Å². The van der Waals surface area contributed by atoms with Gasteiger partial charge in [-0.15, -0.1) is 0 Å². The number of esters is 1. The van der Waals surface area contributed by atoms with Crippen LogP contribution >= 0.6 is 15.9 Å². The first-order valence-electron chi connectivity index (χ1n) is 11.2. The van der Waals surface area contributed by atoms with Crippen molar-refractivity contribution in [3.63, 3.8) is 0 Å². The van der Waals surface area contributed by atoms with Crippen LogP contribution < -0.4 is 10.3 Å². The van der Waals surface area contributed by atoms with E-state index < -0.39 is 17.9 Å². The van der Waals surface area contributed by atoms with Crippen molar-refractivity contribution in [1.29, 1.82) is 0 Å². The molecule has 2 heterocycles. The topological polar surface area (TPSA) is 76.8 Å². The number of rotatable bonds is 4. The van der Waals surface area contributed by atoms with E-state index in [1.165, 1.54) is 0 Å². The molecule has 0 saturated carbocycles. The number of nitrogens with zero attached hydrogens (tertiary/aromatic N) is 1. The van der Waals surface area contributed by atoms with Gasteiger partial charge in [0.25, 0.3) is 5.91 Å². The maximum atomic E-state index is 13.8. The first-order chi connectivity index (χ1) is 16.8. The van der Waals surface area contributed by atoms with Gasteiger partial charge in [0.1, 0.15) is 5.58 Å². The Hall–Kier alpha value is -3.71. The van der Waals surface area contributed by atoms with Crippen LogP contribution in [0.1, 0.15) is 56.1 Å². The molecule has 176 valence electrons. The molecule has 3 aromatic carbocycles. The van der Waals surface area contributed by atoms with Crippen LogP contribution in [0.15, 0.2) is 74.3 Å². The first kappa shape index (κ1) is 23.1. The lowest BCUT2D eigenvalue weighted by Crippen LogP contribution is -2.29.